The van der Waals surface area contributed by atoms with Crippen molar-refractivity contribution >= 4 is 29.0 Å². The van der Waals surface area contributed by atoms with Gasteiger partial charge in [0.2, 0.25) is 5.95 Å². The zero-order chi connectivity index (χ0) is 24.5. The number of aromatic nitrogens is 4. The van der Waals surface area contributed by atoms with E-state index in [0.717, 1.165) is 42.7 Å². The van der Waals surface area contributed by atoms with Crippen LogP contribution in [-0.2, 0) is 11.4 Å². The lowest BCUT2D eigenvalue weighted by molar-refractivity contribution is 0.120. The van der Waals surface area contributed by atoms with Crippen molar-refractivity contribution in [2.75, 3.05) is 23.8 Å². The van der Waals surface area contributed by atoms with Gasteiger partial charge >= 0.3 is 6.09 Å². The highest BCUT2D eigenvalue weighted by atomic mass is 16.7. The van der Waals surface area contributed by atoms with Crippen LogP contribution in [0.3, 0.4) is 0 Å². The number of hydroxylamine groups is 1. The molecule has 35 heavy (non-hydrogen) atoms. The Morgan fingerprint density at radius 2 is 1.94 bits per heavy atom. The molecule has 192 valence electrons. The van der Waals surface area contributed by atoms with Crippen LogP contribution in [0.25, 0.3) is 11.2 Å². The first-order valence-electron chi connectivity index (χ1n) is 13.4. The van der Waals surface area contributed by atoms with Gasteiger partial charge in [0.05, 0.1) is 0 Å². The van der Waals surface area contributed by atoms with E-state index < -0.39 is 12.3 Å². The highest BCUT2D eigenvalue weighted by molar-refractivity contribution is 5.86. The Morgan fingerprint density at radius 1 is 1.17 bits per heavy atom. The Labute approximate surface area is 207 Å². The van der Waals surface area contributed by atoms with Gasteiger partial charge in [0.1, 0.15) is 5.52 Å². The van der Waals surface area contributed by atoms with E-state index in [0.29, 0.717) is 29.3 Å². The zero-order valence-electron chi connectivity index (χ0n) is 21.5. The minimum atomic E-state index is -0.603. The second-order valence-electron chi connectivity index (χ2n) is 10.9. The van der Waals surface area contributed by atoms with Gasteiger partial charge in [-0.1, -0.05) is 33.1 Å². The molecule has 3 fully saturated rings. The number of carbonyl (C=O) groups is 1. The van der Waals surface area contributed by atoms with Crippen molar-refractivity contribution in [3.05, 3.63) is 5.82 Å². The zero-order valence-corrected chi connectivity index (χ0v) is 21.5. The number of hydrogen-bond acceptors (Lipinski definition) is 8. The van der Waals surface area contributed by atoms with Crippen LogP contribution in [0.15, 0.2) is 0 Å². The molecule has 0 aromatic carbocycles. The van der Waals surface area contributed by atoms with Crippen molar-refractivity contribution < 1.29 is 9.63 Å². The predicted molar refractivity (Wildman–Crippen MR) is 136 cm³/mol. The summed E-state index contributed by atoms with van der Waals surface area (Å²) in [5, 5.41) is 6.44. The van der Waals surface area contributed by atoms with E-state index in [9.17, 15) is 4.79 Å². The number of imidazole rings is 1. The van der Waals surface area contributed by atoms with Crippen molar-refractivity contribution in [3.63, 3.8) is 0 Å². The highest BCUT2D eigenvalue weighted by Gasteiger charge is 2.31. The maximum Gasteiger partial charge on any atom is 0.427 e. The minimum absolute atomic E-state index is 0.299. The highest BCUT2D eigenvalue weighted by Crippen LogP contribution is 2.36. The molecule has 2 aliphatic carbocycles. The van der Waals surface area contributed by atoms with Crippen molar-refractivity contribution in [2.45, 2.75) is 90.9 Å². The lowest BCUT2D eigenvalue weighted by Crippen LogP contribution is -2.32. The van der Waals surface area contributed by atoms with Crippen LogP contribution in [-0.4, -0.2) is 45.2 Å². The van der Waals surface area contributed by atoms with Crippen LogP contribution >= 0.6 is 0 Å². The maximum atomic E-state index is 11.7. The summed E-state index contributed by atoms with van der Waals surface area (Å²) in [4.78, 5) is 33.5. The molecule has 0 spiro atoms. The summed E-state index contributed by atoms with van der Waals surface area (Å²) in [6, 6.07) is 0.299. The molecule has 0 radical (unpaired) electrons. The van der Waals surface area contributed by atoms with E-state index in [4.69, 9.17) is 19.8 Å². The molecular formula is C25H40N8O2. The normalized spacial score (nSPS) is 25.7. The topological polar surface area (TPSA) is 109 Å². The van der Waals surface area contributed by atoms with Gasteiger partial charge in [0, 0.05) is 26.2 Å². The molecule has 1 unspecified atom stereocenters. The molecule has 3 aliphatic rings. The molecule has 10 nitrogen and oxygen atoms in total. The first-order valence-corrected chi connectivity index (χ1v) is 13.4. The molecule has 2 aromatic heterocycles. The van der Waals surface area contributed by atoms with E-state index in [-0.39, 0.29) is 0 Å². The summed E-state index contributed by atoms with van der Waals surface area (Å²) in [5.41, 5.74) is 4.30. The Balaban J connectivity index is 1.57. The second kappa shape index (κ2) is 10.2. The SMILES string of the molecule is CCCN(C)c1nc2nc(C3NOC(=O)N3)nc(N[C@H](C)C3CCC3)c2n1CC1CCC(C)CC1. The largest absolute Gasteiger partial charge is 0.427 e. The van der Waals surface area contributed by atoms with Crippen LogP contribution in [0.4, 0.5) is 16.6 Å². The summed E-state index contributed by atoms with van der Waals surface area (Å²) in [7, 11) is 2.11. The number of hydrogen-bond donors (Lipinski definition) is 3. The van der Waals surface area contributed by atoms with Crippen LogP contribution in [0.1, 0.15) is 84.1 Å². The fourth-order valence-electron chi connectivity index (χ4n) is 5.62. The monoisotopic (exact) mass is 484 g/mol. The van der Waals surface area contributed by atoms with E-state index in [1.54, 1.807) is 0 Å². The molecule has 3 heterocycles. The minimum Gasteiger partial charge on any atom is -0.365 e. The molecule has 5 rings (SSSR count). The van der Waals surface area contributed by atoms with E-state index >= 15 is 0 Å². The molecule has 1 aliphatic heterocycles. The molecule has 2 saturated carbocycles. The average molecular weight is 485 g/mol. The summed E-state index contributed by atoms with van der Waals surface area (Å²) in [6.07, 6.45) is 8.74. The second-order valence-corrected chi connectivity index (χ2v) is 10.9. The number of fused-ring (bicyclic) bond motifs is 1. The number of carbonyl (C=O) groups excluding carboxylic acids is 1. The number of anilines is 2. The quantitative estimate of drug-likeness (QED) is 0.482. The first-order chi connectivity index (χ1) is 16.9. The van der Waals surface area contributed by atoms with Gasteiger partial charge in [-0.3, -0.25) is 5.32 Å². The van der Waals surface area contributed by atoms with Crippen LogP contribution < -0.4 is 21.0 Å². The fourth-order valence-corrected chi connectivity index (χ4v) is 5.62. The molecular weight excluding hydrogens is 444 g/mol. The number of amides is 1. The molecule has 0 bridgehead atoms. The van der Waals surface area contributed by atoms with E-state index in [1.807, 2.05) is 0 Å². The third-order valence-corrected chi connectivity index (χ3v) is 8.09. The van der Waals surface area contributed by atoms with Gasteiger partial charge in [0.15, 0.2) is 23.5 Å². The van der Waals surface area contributed by atoms with Crippen molar-refractivity contribution in [1.29, 1.82) is 0 Å². The predicted octanol–water partition coefficient (Wildman–Crippen LogP) is 4.34. The summed E-state index contributed by atoms with van der Waals surface area (Å²) in [6.45, 7) is 8.63. The smallest absolute Gasteiger partial charge is 0.365 e. The maximum absolute atomic E-state index is 11.7. The molecule has 10 heteroatoms. The fraction of sp³-hybridized carbons (Fsp3) is 0.760. The molecule has 2 atom stereocenters. The Hall–Kier alpha value is -2.62. The van der Waals surface area contributed by atoms with E-state index in [1.165, 1.54) is 44.9 Å². The van der Waals surface area contributed by atoms with Gasteiger partial charge in [-0.25, -0.2) is 14.8 Å². The number of rotatable bonds is 9. The van der Waals surface area contributed by atoms with Crippen molar-refractivity contribution in [2.24, 2.45) is 17.8 Å². The van der Waals surface area contributed by atoms with Crippen LogP contribution in [0.2, 0.25) is 0 Å². The van der Waals surface area contributed by atoms with Gasteiger partial charge in [-0.2, -0.15) is 4.98 Å². The van der Waals surface area contributed by atoms with Gasteiger partial charge in [-0.05, 0) is 56.8 Å². The van der Waals surface area contributed by atoms with Gasteiger partial charge in [-0.15, -0.1) is 5.48 Å². The van der Waals surface area contributed by atoms with E-state index in [2.05, 4.69) is 53.4 Å². The Bertz CT molecular complexity index is 1040. The Morgan fingerprint density at radius 3 is 2.57 bits per heavy atom. The van der Waals surface area contributed by atoms with Crippen molar-refractivity contribution in [3.8, 4) is 0 Å². The summed E-state index contributed by atoms with van der Waals surface area (Å²) < 4.78 is 2.35. The third-order valence-electron chi connectivity index (χ3n) is 8.09. The van der Waals surface area contributed by atoms with Gasteiger partial charge < -0.3 is 19.6 Å². The molecule has 2 aromatic rings. The molecule has 1 saturated heterocycles. The standard InChI is InChI=1S/C25H40N8O2/c1-5-13-32(4)24-29-21-19(33(24)14-17-11-9-15(2)10-12-17)20(26-16(3)18-7-6-8-18)27-22(28-21)23-30-25(34)35-31-23/h15-18,23,31H,5-14H2,1-4H3,(H,30,34)(H,26,27,28)/t15?,16-,17?,23?/m1/s1. The van der Waals surface area contributed by atoms with Gasteiger partial charge in [0.25, 0.3) is 0 Å². The molecule has 3 N–H and O–H groups in total. The lowest BCUT2D eigenvalue weighted by Gasteiger charge is -2.32. The first kappa shape index (κ1) is 24.1. The Kier molecular flexibility index (Phi) is 7.00. The molecule has 1 amide bonds. The lowest BCUT2D eigenvalue weighted by atomic mass is 9.80. The number of nitrogens with zero attached hydrogens (tertiary/aromatic N) is 5. The summed E-state index contributed by atoms with van der Waals surface area (Å²) >= 11 is 0. The number of nitrogens with one attached hydrogen (secondary N) is 3. The van der Waals surface area contributed by atoms with Crippen LogP contribution in [0.5, 0.6) is 0 Å². The van der Waals surface area contributed by atoms with Crippen LogP contribution in [0, 0.1) is 17.8 Å². The van der Waals surface area contributed by atoms with Crippen molar-refractivity contribution in [1.82, 2.24) is 30.3 Å². The summed E-state index contributed by atoms with van der Waals surface area (Å²) in [5.74, 6) is 4.27. The third kappa shape index (κ3) is 5.03. The average Bonchev–Trinajstić information content (AvgIpc) is 3.38.